The molecule has 5 rings (SSSR count). The molecule has 0 saturated carbocycles. The molecular weight excluding hydrogens is 1400 g/mol. The number of carboxylic acid groups (broad SMARTS) is 3. The molecule has 42 heteroatoms. The fourth-order valence-corrected chi connectivity index (χ4v) is 12.9. The lowest BCUT2D eigenvalue weighted by atomic mass is 10.0. The van der Waals surface area contributed by atoms with Crippen molar-refractivity contribution in [3.8, 4) is 0 Å². The highest BCUT2D eigenvalue weighted by Crippen LogP contribution is 2.27. The Labute approximate surface area is 608 Å². The van der Waals surface area contributed by atoms with E-state index in [2.05, 4.69) is 57.8 Å². The van der Waals surface area contributed by atoms with Crippen molar-refractivity contribution >= 4 is 94.7 Å². The van der Waals surface area contributed by atoms with E-state index in [1.54, 1.807) is 0 Å². The van der Waals surface area contributed by atoms with Crippen molar-refractivity contribution in [1.82, 2.24) is 77.4 Å². The highest BCUT2D eigenvalue weighted by atomic mass is 16.4. The van der Waals surface area contributed by atoms with E-state index in [1.807, 2.05) is 0 Å². The van der Waals surface area contributed by atoms with Gasteiger partial charge in [0.15, 0.2) is 0 Å². The van der Waals surface area contributed by atoms with Crippen LogP contribution in [0.15, 0.2) is 12.5 Å². The molecule has 16 atom stereocenters. The van der Waals surface area contributed by atoms with E-state index < -0.39 is 231 Å². The van der Waals surface area contributed by atoms with Gasteiger partial charge in [0.1, 0.15) is 78.5 Å². The molecule has 106 heavy (non-hydrogen) atoms. The Bertz CT molecular complexity index is 3260. The Hall–Kier alpha value is -9.59. The molecule has 24 N–H and O–H groups in total. The molecule has 0 aliphatic carbocycles. The predicted molar refractivity (Wildman–Crippen MR) is 364 cm³/mol. The van der Waals surface area contributed by atoms with Crippen LogP contribution in [0.4, 0.5) is 0 Å². The van der Waals surface area contributed by atoms with Crippen LogP contribution in [0.3, 0.4) is 0 Å². The third kappa shape index (κ3) is 24.8. The molecule has 0 spiro atoms. The Kier molecular flexibility index (Phi) is 34.9. The summed E-state index contributed by atoms with van der Waals surface area (Å²) in [5, 5.41) is 103. The molecule has 42 nitrogen and oxygen atoms in total. The van der Waals surface area contributed by atoms with Crippen molar-refractivity contribution < 1.29 is 118 Å². The summed E-state index contributed by atoms with van der Waals surface area (Å²) in [6, 6.07) is -22.2. The van der Waals surface area contributed by atoms with Gasteiger partial charge in [-0.15, -0.1) is 0 Å². The summed E-state index contributed by atoms with van der Waals surface area (Å²) in [6.07, 6.45) is -1.05. The number of carboxylic acids is 3. The van der Waals surface area contributed by atoms with Crippen molar-refractivity contribution in [3.63, 3.8) is 0 Å². The monoisotopic (exact) mass is 1510 g/mol. The van der Waals surface area contributed by atoms with Gasteiger partial charge < -0.3 is 130 Å². The van der Waals surface area contributed by atoms with Gasteiger partial charge in [-0.2, -0.15) is 0 Å². The lowest BCUT2D eigenvalue weighted by molar-refractivity contribution is -0.151. The minimum Gasteiger partial charge on any atom is -0.481 e. The quantitative estimate of drug-likeness (QED) is 0.0270. The van der Waals surface area contributed by atoms with E-state index >= 15 is 0 Å². The first-order valence-electron chi connectivity index (χ1n) is 35.3. The second-order valence-corrected chi connectivity index (χ2v) is 26.5. The number of aliphatic hydroxyl groups excluding tert-OH is 5. The Morgan fingerprint density at radius 3 is 1.35 bits per heavy atom. The van der Waals surface area contributed by atoms with E-state index in [9.17, 15) is 112 Å². The van der Waals surface area contributed by atoms with Gasteiger partial charge in [0.2, 0.25) is 76.8 Å². The first kappa shape index (κ1) is 87.0. The van der Waals surface area contributed by atoms with E-state index in [4.69, 9.17) is 22.3 Å². The standard InChI is InChI=1S/C64H102N18O24/c1-32(86)49(77-52(93)37(12-4-6-20-66)70-53(94)39(26-48(90)91)72-55(96)40(28-83)74-51(92)36(11-3-5-19-65)71-56(97)43-13-7-21-79(43)60(101)35(67)17-18-47(88)89)58(99)73-38(25-34-27-68-31-69-34)54(95)78-50(33(2)87)59(100)76-42(30-85)61(102)81-23-9-15-45(81)63(104)80-22-8-14-44(80)57(98)75-41(29-84)62(103)82-24-10-16-46(82)64(105)106/h27,31-33,35-46,49-50,83-87H,3-26,28-30,65-67H2,1-2H3,(H,68,69)(H,70,94)(H,71,97)(H,72,96)(H,73,99)(H,74,92)(H,75,98)(H,76,100)(H,77,93)(H,78,95)(H,88,89)(H,90,91)(H,105,106)/t32-,33-,35+,36+,37+,38+,39+,40+,41+,42+,43+,44+,45+,46+,49+,50+/m1/s1. The number of likely N-dealkylation sites (tertiary alicyclic amines) is 4. The zero-order chi connectivity index (χ0) is 78.6. The lowest BCUT2D eigenvalue weighted by Crippen LogP contribution is -2.63. The zero-order valence-electron chi connectivity index (χ0n) is 59.1. The van der Waals surface area contributed by atoms with Crippen LogP contribution in [-0.2, 0) is 83.1 Å². The molecular formula is C64H102N18O24. The molecule has 0 aromatic carbocycles. The summed E-state index contributed by atoms with van der Waals surface area (Å²) in [5.41, 5.74) is 17.5. The number of aliphatic carboxylic acids is 3. The van der Waals surface area contributed by atoms with Gasteiger partial charge in [0.05, 0.1) is 50.8 Å². The Balaban J connectivity index is 1.26. The van der Waals surface area contributed by atoms with Crippen LogP contribution in [0.1, 0.15) is 129 Å². The number of amides is 13. The van der Waals surface area contributed by atoms with E-state index in [-0.39, 0.29) is 116 Å². The SMILES string of the molecule is C[C@@H](O)[C@H](NC(=O)[C@H](CCCCN)NC(=O)[C@H](CC(=O)O)NC(=O)[C@H](CO)NC(=O)[C@H](CCCCN)NC(=O)[C@@H]1CCCN1C(=O)[C@@H](N)CCC(=O)O)C(=O)N[C@@H](Cc1cnc[nH]1)C(=O)N[C@H](C(=O)N[C@@H](CO)C(=O)N1CCC[C@H]1C(=O)N1CCC[C@H]1C(=O)N[C@@H](CO)C(=O)N1CCC[C@H]1C(=O)O)[C@@H](C)O. The fraction of sp³-hybridized carbons (Fsp3) is 0.703. The van der Waals surface area contributed by atoms with Crippen molar-refractivity contribution in [3.05, 3.63) is 18.2 Å². The maximum absolute atomic E-state index is 14.3. The number of aromatic nitrogens is 2. The number of nitrogens with one attached hydrogen (secondary N) is 10. The van der Waals surface area contributed by atoms with Gasteiger partial charge in [-0.3, -0.25) is 71.9 Å². The zero-order valence-corrected chi connectivity index (χ0v) is 59.1. The van der Waals surface area contributed by atoms with Crippen LogP contribution in [-0.4, -0.2) is 321 Å². The smallest absolute Gasteiger partial charge is 0.326 e. The van der Waals surface area contributed by atoms with Crippen LogP contribution in [0.2, 0.25) is 0 Å². The number of nitrogens with zero attached hydrogens (tertiary/aromatic N) is 5. The molecule has 4 aliphatic heterocycles. The number of hydrogen-bond donors (Lipinski definition) is 21. The number of aliphatic hydroxyl groups is 5. The highest BCUT2D eigenvalue weighted by Gasteiger charge is 2.47. The Morgan fingerprint density at radius 2 is 0.868 bits per heavy atom. The van der Waals surface area contributed by atoms with Crippen molar-refractivity contribution in [1.29, 1.82) is 0 Å². The predicted octanol–water partition coefficient (Wildman–Crippen LogP) is -9.97. The van der Waals surface area contributed by atoms with E-state index in [1.165, 1.54) is 22.3 Å². The van der Waals surface area contributed by atoms with Crippen molar-refractivity contribution in [2.24, 2.45) is 17.2 Å². The number of unbranched alkanes of at least 4 members (excludes halogenated alkanes) is 2. The largest absolute Gasteiger partial charge is 0.481 e. The number of nitrogens with two attached hydrogens (primary N) is 3. The van der Waals surface area contributed by atoms with Crippen LogP contribution in [0, 0.1) is 0 Å². The summed E-state index contributed by atoms with van der Waals surface area (Å²) in [6.45, 7) is -0.618. The normalized spacial score (nSPS) is 20.5. The fourth-order valence-electron chi connectivity index (χ4n) is 12.9. The molecule has 4 saturated heterocycles. The number of hydrogen-bond acceptors (Lipinski definition) is 25. The topological polar surface area (TPSA) is 663 Å². The van der Waals surface area contributed by atoms with Crippen LogP contribution >= 0.6 is 0 Å². The molecule has 592 valence electrons. The first-order valence-corrected chi connectivity index (χ1v) is 35.3. The number of aromatic amines is 1. The van der Waals surface area contributed by atoms with Crippen molar-refractivity contribution in [2.45, 2.75) is 226 Å². The van der Waals surface area contributed by atoms with Crippen LogP contribution in [0.25, 0.3) is 0 Å². The summed E-state index contributed by atoms with van der Waals surface area (Å²) in [4.78, 5) is 227. The van der Waals surface area contributed by atoms with Gasteiger partial charge in [0, 0.05) is 50.9 Å². The van der Waals surface area contributed by atoms with Crippen molar-refractivity contribution in [2.75, 3.05) is 59.1 Å². The summed E-state index contributed by atoms with van der Waals surface area (Å²) >= 11 is 0. The molecule has 0 unspecified atom stereocenters. The van der Waals surface area contributed by atoms with Gasteiger partial charge in [-0.1, -0.05) is 0 Å². The summed E-state index contributed by atoms with van der Waals surface area (Å²) in [7, 11) is 0. The van der Waals surface area contributed by atoms with Gasteiger partial charge in [-0.05, 0) is 123 Å². The molecule has 4 fully saturated rings. The van der Waals surface area contributed by atoms with Gasteiger partial charge in [-0.25, -0.2) is 9.78 Å². The molecule has 4 aliphatic rings. The highest BCUT2D eigenvalue weighted by molar-refractivity contribution is 6.01. The third-order valence-electron chi connectivity index (χ3n) is 18.6. The van der Waals surface area contributed by atoms with E-state index in [0.717, 1.165) is 23.6 Å². The Morgan fingerprint density at radius 1 is 0.472 bits per heavy atom. The molecule has 5 heterocycles. The lowest BCUT2D eigenvalue weighted by Gasteiger charge is -2.33. The maximum Gasteiger partial charge on any atom is 0.326 e. The maximum atomic E-state index is 14.3. The van der Waals surface area contributed by atoms with Gasteiger partial charge >= 0.3 is 17.9 Å². The second-order valence-electron chi connectivity index (χ2n) is 26.5. The average Bonchev–Trinajstić information content (AvgIpc) is 1.63. The van der Waals surface area contributed by atoms with E-state index in [0.29, 0.717) is 25.7 Å². The molecule has 0 bridgehead atoms. The second kappa shape index (κ2) is 42.5. The average molecular weight is 1510 g/mol. The van der Waals surface area contributed by atoms with Gasteiger partial charge in [0.25, 0.3) is 0 Å². The van der Waals surface area contributed by atoms with Crippen LogP contribution in [0.5, 0.6) is 0 Å². The first-order chi connectivity index (χ1) is 50.3. The number of rotatable bonds is 43. The summed E-state index contributed by atoms with van der Waals surface area (Å²) < 4.78 is 0. The minimum absolute atomic E-state index is 0.0345. The number of carbonyl (C=O) groups is 16. The minimum atomic E-state index is -2.06. The third-order valence-corrected chi connectivity index (χ3v) is 18.6. The molecule has 1 aromatic heterocycles. The molecule has 0 radical (unpaired) electrons. The number of H-pyrrole nitrogens is 1. The number of imidazole rings is 1. The summed E-state index contributed by atoms with van der Waals surface area (Å²) in [5.74, 6) is -17.6. The number of carbonyl (C=O) groups excluding carboxylic acids is 13. The van der Waals surface area contributed by atoms with Crippen LogP contribution < -0.4 is 65.1 Å². The molecule has 13 amide bonds. The molecule has 1 aromatic rings.